The summed E-state index contributed by atoms with van der Waals surface area (Å²) in [7, 11) is -4.59. The van der Waals surface area contributed by atoms with Crippen molar-refractivity contribution < 1.29 is 31.1 Å². The average Bonchev–Trinajstić information content (AvgIpc) is 3.17. The minimum atomic E-state index is -3.89. The molecule has 1 fully saturated rings. The Morgan fingerprint density at radius 3 is 1.94 bits per heavy atom. The highest BCUT2D eigenvalue weighted by Gasteiger charge is 2.34. The second-order valence-electron chi connectivity index (χ2n) is 7.16. The molecule has 0 saturated carbocycles. The summed E-state index contributed by atoms with van der Waals surface area (Å²) in [4.78, 5) is 11.5. The van der Waals surface area contributed by atoms with Crippen LogP contribution in [0.4, 0.5) is 0 Å². The second kappa shape index (κ2) is 9.58. The highest BCUT2D eigenvalue weighted by atomic mass is 32.2. The van der Waals surface area contributed by atoms with E-state index in [4.69, 9.17) is 15.2 Å². The molecular weight excluding hydrogens is 460 g/mol. The summed E-state index contributed by atoms with van der Waals surface area (Å²) in [6.45, 7) is 0.745. The standard InChI is InChI=1S/C19H26N4O7S2/c1-21-14-17(13-18(21)19(20)24)32(27,28)23-9-7-22(8-10-23)31(25,26)16-5-3-15(4-6-16)30-12-11-29-2/h3-6,13-14H,7-12H2,1-2H3,(H2,20,24). The number of benzene rings is 1. The Bertz CT molecular complexity index is 1170. The number of nitrogens with two attached hydrogens (primary N) is 1. The van der Waals surface area contributed by atoms with Crippen LogP contribution in [0.5, 0.6) is 5.75 Å². The van der Waals surface area contributed by atoms with Gasteiger partial charge in [0.1, 0.15) is 22.9 Å². The van der Waals surface area contributed by atoms with Gasteiger partial charge in [0.25, 0.3) is 5.91 Å². The van der Waals surface area contributed by atoms with Crippen molar-refractivity contribution in [2.24, 2.45) is 12.8 Å². The Hall–Kier alpha value is -2.45. The summed E-state index contributed by atoms with van der Waals surface area (Å²) in [6, 6.07) is 7.26. The number of hydrogen-bond donors (Lipinski definition) is 1. The highest BCUT2D eigenvalue weighted by Crippen LogP contribution is 2.24. The number of piperazine rings is 1. The third-order valence-corrected chi connectivity index (χ3v) is 8.86. The highest BCUT2D eigenvalue weighted by molar-refractivity contribution is 7.89. The van der Waals surface area contributed by atoms with Crippen molar-refractivity contribution in [2.45, 2.75) is 9.79 Å². The fourth-order valence-corrected chi connectivity index (χ4v) is 6.24. The molecule has 1 aromatic carbocycles. The molecule has 1 amide bonds. The smallest absolute Gasteiger partial charge is 0.265 e. The molecule has 0 unspecified atom stereocenters. The van der Waals surface area contributed by atoms with Crippen LogP contribution in [0.2, 0.25) is 0 Å². The minimum Gasteiger partial charge on any atom is -0.491 e. The lowest BCUT2D eigenvalue weighted by Gasteiger charge is -2.33. The van der Waals surface area contributed by atoms with Gasteiger partial charge in [0.15, 0.2) is 0 Å². The molecule has 0 spiro atoms. The largest absolute Gasteiger partial charge is 0.491 e. The molecular formula is C19H26N4O7S2. The van der Waals surface area contributed by atoms with Crippen molar-refractivity contribution in [3.05, 3.63) is 42.2 Å². The quantitative estimate of drug-likeness (QED) is 0.486. The summed E-state index contributed by atoms with van der Waals surface area (Å²) >= 11 is 0. The first kappa shape index (κ1) is 24.2. The monoisotopic (exact) mass is 486 g/mol. The number of aromatic nitrogens is 1. The van der Waals surface area contributed by atoms with E-state index in [1.165, 1.54) is 44.6 Å². The number of rotatable bonds is 9. The number of methoxy groups -OCH3 is 1. The lowest BCUT2D eigenvalue weighted by atomic mass is 10.3. The Balaban J connectivity index is 1.68. The topological polar surface area (TPSA) is 141 Å². The van der Waals surface area contributed by atoms with E-state index in [-0.39, 0.29) is 41.7 Å². The van der Waals surface area contributed by atoms with Crippen molar-refractivity contribution >= 4 is 26.0 Å². The zero-order chi connectivity index (χ0) is 23.5. The molecule has 2 heterocycles. The number of sulfonamides is 2. The Labute approximate surface area is 187 Å². The fraction of sp³-hybridized carbons (Fsp3) is 0.421. The molecule has 11 nitrogen and oxygen atoms in total. The van der Waals surface area contributed by atoms with Gasteiger partial charge in [0, 0.05) is 46.5 Å². The maximum absolute atomic E-state index is 13.0. The van der Waals surface area contributed by atoms with Crippen LogP contribution in [0.1, 0.15) is 10.5 Å². The summed E-state index contributed by atoms with van der Waals surface area (Å²) in [5.41, 5.74) is 5.32. The van der Waals surface area contributed by atoms with Crippen molar-refractivity contribution in [3.63, 3.8) is 0 Å². The van der Waals surface area contributed by atoms with Crippen LogP contribution >= 0.6 is 0 Å². The van der Waals surface area contributed by atoms with Crippen LogP contribution in [0.25, 0.3) is 0 Å². The maximum atomic E-state index is 13.0. The molecule has 0 radical (unpaired) electrons. The van der Waals surface area contributed by atoms with Gasteiger partial charge in [-0.2, -0.15) is 8.61 Å². The fourth-order valence-electron chi connectivity index (χ4n) is 3.32. The van der Waals surface area contributed by atoms with Crippen LogP contribution in [0.3, 0.4) is 0 Å². The summed E-state index contributed by atoms with van der Waals surface area (Å²) in [5.74, 6) is -0.213. The molecule has 3 rings (SSSR count). The molecule has 2 aromatic rings. The van der Waals surface area contributed by atoms with E-state index in [1.54, 1.807) is 19.2 Å². The van der Waals surface area contributed by atoms with Gasteiger partial charge < -0.3 is 19.8 Å². The van der Waals surface area contributed by atoms with Crippen LogP contribution in [-0.4, -0.2) is 82.4 Å². The van der Waals surface area contributed by atoms with E-state index >= 15 is 0 Å². The van der Waals surface area contributed by atoms with Gasteiger partial charge in [-0.1, -0.05) is 0 Å². The number of carbonyl (C=O) groups excluding carboxylic acids is 1. The minimum absolute atomic E-state index is 0.00314. The number of carbonyl (C=O) groups is 1. The van der Waals surface area contributed by atoms with Gasteiger partial charge >= 0.3 is 0 Å². The number of nitrogens with zero attached hydrogens (tertiary/aromatic N) is 3. The van der Waals surface area contributed by atoms with Crippen LogP contribution < -0.4 is 10.5 Å². The number of primary amides is 1. The second-order valence-corrected chi connectivity index (χ2v) is 11.0. The third kappa shape index (κ3) is 4.96. The van der Waals surface area contributed by atoms with Crippen LogP contribution in [0, 0.1) is 0 Å². The predicted molar refractivity (Wildman–Crippen MR) is 115 cm³/mol. The van der Waals surface area contributed by atoms with Crippen molar-refractivity contribution in [3.8, 4) is 5.75 Å². The van der Waals surface area contributed by atoms with Gasteiger partial charge in [-0.25, -0.2) is 16.8 Å². The third-order valence-electron chi connectivity index (χ3n) is 5.09. The molecule has 1 aliphatic rings. The molecule has 0 atom stereocenters. The number of amides is 1. The van der Waals surface area contributed by atoms with Gasteiger partial charge in [-0.05, 0) is 30.3 Å². The predicted octanol–water partition coefficient (Wildman–Crippen LogP) is -0.156. The summed E-state index contributed by atoms with van der Waals surface area (Å²) < 4.78 is 65.9. The van der Waals surface area contributed by atoms with E-state index in [0.717, 1.165) is 0 Å². The van der Waals surface area contributed by atoms with Crippen molar-refractivity contribution in [1.82, 2.24) is 13.2 Å². The molecule has 1 aliphatic heterocycles. The van der Waals surface area contributed by atoms with Crippen LogP contribution in [-0.2, 0) is 31.8 Å². The van der Waals surface area contributed by atoms with E-state index < -0.39 is 26.0 Å². The van der Waals surface area contributed by atoms with Crippen molar-refractivity contribution in [2.75, 3.05) is 46.5 Å². The molecule has 1 saturated heterocycles. The first-order chi connectivity index (χ1) is 15.1. The van der Waals surface area contributed by atoms with Crippen LogP contribution in [0.15, 0.2) is 46.3 Å². The Morgan fingerprint density at radius 1 is 0.938 bits per heavy atom. The zero-order valence-electron chi connectivity index (χ0n) is 17.8. The lowest BCUT2D eigenvalue weighted by Crippen LogP contribution is -2.50. The van der Waals surface area contributed by atoms with E-state index in [2.05, 4.69) is 0 Å². The zero-order valence-corrected chi connectivity index (χ0v) is 19.4. The Morgan fingerprint density at radius 2 is 1.47 bits per heavy atom. The van der Waals surface area contributed by atoms with Gasteiger partial charge in [0.2, 0.25) is 20.0 Å². The van der Waals surface area contributed by atoms with Gasteiger partial charge in [0.05, 0.1) is 11.5 Å². The van der Waals surface area contributed by atoms with Gasteiger partial charge in [-0.3, -0.25) is 4.79 Å². The molecule has 1 aromatic heterocycles. The normalized spacial score (nSPS) is 16.2. The first-order valence-electron chi connectivity index (χ1n) is 9.75. The molecule has 0 bridgehead atoms. The molecule has 176 valence electrons. The van der Waals surface area contributed by atoms with E-state index in [9.17, 15) is 21.6 Å². The van der Waals surface area contributed by atoms with E-state index in [1.807, 2.05) is 0 Å². The number of ether oxygens (including phenoxy) is 2. The summed E-state index contributed by atoms with van der Waals surface area (Å²) in [5, 5.41) is 0. The first-order valence-corrected chi connectivity index (χ1v) is 12.6. The van der Waals surface area contributed by atoms with E-state index in [0.29, 0.717) is 19.0 Å². The summed E-state index contributed by atoms with van der Waals surface area (Å²) in [6.07, 6.45) is 1.31. The molecule has 13 heteroatoms. The number of hydrogen-bond acceptors (Lipinski definition) is 7. The average molecular weight is 487 g/mol. The SMILES string of the molecule is COCCOc1ccc(S(=O)(=O)N2CCN(S(=O)(=O)c3cc(C(N)=O)n(C)c3)CC2)cc1. The molecule has 32 heavy (non-hydrogen) atoms. The van der Waals surface area contributed by atoms with Gasteiger partial charge in [-0.15, -0.1) is 0 Å². The maximum Gasteiger partial charge on any atom is 0.265 e. The number of aryl methyl sites for hydroxylation is 1. The van der Waals surface area contributed by atoms with Crippen molar-refractivity contribution in [1.29, 1.82) is 0 Å². The molecule has 2 N–H and O–H groups in total. The molecule has 0 aliphatic carbocycles. The lowest BCUT2D eigenvalue weighted by molar-refractivity contribution is 0.0992. The Kier molecular flexibility index (Phi) is 7.25.